The van der Waals surface area contributed by atoms with Crippen LogP contribution in [-0.2, 0) is 27.1 Å². The zero-order valence-electron chi connectivity index (χ0n) is 43.5. The third-order valence-electron chi connectivity index (χ3n) is 15.6. The fourth-order valence-corrected chi connectivity index (χ4v) is 11.7. The normalized spacial score (nSPS) is 14.2. The van der Waals surface area contributed by atoms with Crippen molar-refractivity contribution in [3.05, 3.63) is 155 Å². The summed E-state index contributed by atoms with van der Waals surface area (Å²) in [5, 5.41) is 6.22. The van der Waals surface area contributed by atoms with Crippen LogP contribution in [0, 0.1) is 0 Å². The van der Waals surface area contributed by atoms with Gasteiger partial charge < -0.3 is 18.4 Å². The zero-order valence-corrected chi connectivity index (χ0v) is 43.5. The van der Waals surface area contributed by atoms with Crippen molar-refractivity contribution < 1.29 is 4.42 Å². The van der Waals surface area contributed by atoms with Gasteiger partial charge in [0.15, 0.2) is 0 Å². The van der Waals surface area contributed by atoms with E-state index in [9.17, 15) is 0 Å². The Labute approximate surface area is 409 Å². The summed E-state index contributed by atoms with van der Waals surface area (Å²) in [4.78, 5) is 2.58. The van der Waals surface area contributed by atoms with Crippen LogP contribution in [0.3, 0.4) is 0 Å². The van der Waals surface area contributed by atoms with Gasteiger partial charge in [-0.15, -0.1) is 0 Å². The van der Waals surface area contributed by atoms with Crippen LogP contribution in [0.1, 0.15) is 132 Å². The summed E-state index contributed by atoms with van der Waals surface area (Å²) in [6.07, 6.45) is 0. The first kappa shape index (κ1) is 43.8. The van der Waals surface area contributed by atoms with Crippen molar-refractivity contribution in [2.24, 2.45) is 0 Å². The largest absolute Gasteiger partial charge is 0.466 e. The van der Waals surface area contributed by atoms with Crippen molar-refractivity contribution in [1.82, 2.24) is 9.05 Å². The molecule has 7 aromatic carbocycles. The maximum atomic E-state index is 7.76. The van der Waals surface area contributed by atoms with E-state index in [0.717, 1.165) is 22.6 Å². The smallest absolute Gasteiger partial charge is 0.375 e. The first-order valence-corrected chi connectivity index (χ1v) is 25.2. The number of fused-ring (bicyclic) bond motifs is 12. The second-order valence-electron chi connectivity index (χ2n) is 25.6. The van der Waals surface area contributed by atoms with E-state index in [2.05, 4.69) is 245 Å². The molecule has 5 heterocycles. The Bertz CT molecular complexity index is 3790. The van der Waals surface area contributed by atoms with E-state index in [1.807, 2.05) is 0 Å². The maximum absolute atomic E-state index is 7.76. The minimum atomic E-state index is -0.234. The topological polar surface area (TPSA) is 26.2 Å². The quantitative estimate of drug-likeness (QED) is 0.162. The molecule has 0 aliphatic carbocycles. The highest BCUT2D eigenvalue weighted by molar-refractivity contribution is 6.89. The fourth-order valence-electron chi connectivity index (χ4n) is 11.7. The lowest BCUT2D eigenvalue weighted by Crippen LogP contribution is -2.56. The van der Waals surface area contributed by atoms with Crippen LogP contribution in [-0.4, -0.2) is 15.9 Å². The molecule has 69 heavy (non-hydrogen) atoms. The summed E-state index contributed by atoms with van der Waals surface area (Å²) >= 11 is 0. The summed E-state index contributed by atoms with van der Waals surface area (Å²) in [5.74, 6) is 0. The monoisotopic (exact) mass is 904 g/mol. The molecular formula is C64H66BN3O. The number of hydrogen-bond donors (Lipinski definition) is 0. The minimum absolute atomic E-state index is 0.00634. The Morgan fingerprint density at radius 2 is 1.01 bits per heavy atom. The molecule has 10 aromatic rings. The molecule has 2 aliphatic rings. The first-order valence-electron chi connectivity index (χ1n) is 25.2. The van der Waals surface area contributed by atoms with Crippen LogP contribution in [0.2, 0.25) is 0 Å². The molecule has 0 bridgehead atoms. The standard InChI is InChI=1S/C64H66BN3O/c1-60(2,3)37-24-27-42(28-25-37)67-54-34-40(63(10,11)12)31-48-44-23-19-22-43-46-35-52-47(45-30-38(61(4,5)6)26-29-51(45)66(52)41-20-17-16-18-21-41)36-53(46)68(56(43)44)65(55(48)54)59-57(67)49-32-39(62(7,8)9)33-50(58(49)69-59)64(13,14)15/h16-36H,1-15H3. The Morgan fingerprint density at radius 1 is 0.420 bits per heavy atom. The molecule has 0 saturated heterocycles. The van der Waals surface area contributed by atoms with Gasteiger partial charge in [0.1, 0.15) is 11.2 Å². The average molecular weight is 904 g/mol. The Hall–Kier alpha value is -6.46. The van der Waals surface area contributed by atoms with Gasteiger partial charge in [-0.2, -0.15) is 0 Å². The highest BCUT2D eigenvalue weighted by atomic mass is 16.3. The fraction of sp³-hybridized carbons (Fsp3) is 0.312. The molecular weight excluding hydrogens is 838 g/mol. The molecule has 0 fully saturated rings. The number of aromatic nitrogens is 2. The molecule has 346 valence electrons. The van der Waals surface area contributed by atoms with Gasteiger partial charge in [0, 0.05) is 66.2 Å². The number of para-hydroxylation sites is 2. The first-order chi connectivity index (χ1) is 32.4. The molecule has 0 atom stereocenters. The van der Waals surface area contributed by atoms with E-state index in [1.54, 1.807) is 0 Å². The van der Waals surface area contributed by atoms with Crippen molar-refractivity contribution in [1.29, 1.82) is 0 Å². The van der Waals surface area contributed by atoms with Crippen molar-refractivity contribution in [3.8, 4) is 16.8 Å². The van der Waals surface area contributed by atoms with E-state index in [4.69, 9.17) is 4.42 Å². The summed E-state index contributed by atoms with van der Waals surface area (Å²) < 4.78 is 12.9. The van der Waals surface area contributed by atoms with Gasteiger partial charge in [-0.3, -0.25) is 0 Å². The van der Waals surface area contributed by atoms with E-state index in [-0.39, 0.29) is 33.9 Å². The van der Waals surface area contributed by atoms with Crippen molar-refractivity contribution in [2.75, 3.05) is 4.90 Å². The van der Waals surface area contributed by atoms with Gasteiger partial charge in [-0.05, 0) is 121 Å². The molecule has 0 saturated carbocycles. The molecule has 2 aliphatic heterocycles. The SMILES string of the molecule is CC(C)(C)c1ccc(N2c3cc(C(C)(C)C)cc4c3B(c3oc5c(C(C)(C)C)cc(C(C)(C)C)cc5c32)n2c3cc5c6cc(C(C)(C)C)ccc6n(-c6ccccc6)c5cc3c3cccc-4c32)cc1. The van der Waals surface area contributed by atoms with Crippen molar-refractivity contribution in [2.45, 2.75) is 131 Å². The molecule has 0 radical (unpaired) electrons. The van der Waals surface area contributed by atoms with Gasteiger partial charge in [0.2, 0.25) is 0 Å². The highest BCUT2D eigenvalue weighted by Gasteiger charge is 2.48. The predicted octanol–water partition coefficient (Wildman–Crippen LogP) is 16.5. The summed E-state index contributed by atoms with van der Waals surface area (Å²) in [7, 11) is 0. The minimum Gasteiger partial charge on any atom is -0.466 e. The number of anilines is 3. The van der Waals surface area contributed by atoms with Crippen LogP contribution in [0.25, 0.3) is 71.4 Å². The number of furan rings is 1. The molecule has 0 unspecified atom stereocenters. The average Bonchev–Trinajstić information content (AvgIpc) is 3.93. The Kier molecular flexibility index (Phi) is 8.94. The van der Waals surface area contributed by atoms with Crippen LogP contribution in [0.15, 0.2) is 132 Å². The highest BCUT2D eigenvalue weighted by Crippen LogP contribution is 2.51. The Morgan fingerprint density at radius 3 is 1.67 bits per heavy atom. The van der Waals surface area contributed by atoms with E-state index >= 15 is 0 Å². The zero-order chi connectivity index (χ0) is 48.6. The van der Waals surface area contributed by atoms with Crippen LogP contribution >= 0.6 is 0 Å². The number of rotatable bonds is 2. The van der Waals surface area contributed by atoms with E-state index in [1.165, 1.54) is 105 Å². The number of benzene rings is 7. The number of hydrogen-bond acceptors (Lipinski definition) is 2. The van der Waals surface area contributed by atoms with Crippen LogP contribution < -0.4 is 16.0 Å². The van der Waals surface area contributed by atoms with Crippen molar-refractivity contribution >= 4 is 89.6 Å². The third kappa shape index (κ3) is 6.41. The lowest BCUT2D eigenvalue weighted by Gasteiger charge is -2.39. The third-order valence-corrected chi connectivity index (χ3v) is 15.6. The molecule has 12 rings (SSSR count). The van der Waals surface area contributed by atoms with Gasteiger partial charge in [0.05, 0.1) is 16.7 Å². The second kappa shape index (κ2) is 14.1. The van der Waals surface area contributed by atoms with Gasteiger partial charge in [0.25, 0.3) is 0 Å². The van der Waals surface area contributed by atoms with Gasteiger partial charge >= 0.3 is 6.85 Å². The van der Waals surface area contributed by atoms with Crippen LogP contribution in [0.5, 0.6) is 0 Å². The molecule has 0 spiro atoms. The lowest BCUT2D eigenvalue weighted by atomic mass is 9.47. The molecule has 3 aromatic heterocycles. The van der Waals surface area contributed by atoms with Crippen molar-refractivity contribution in [3.63, 3.8) is 0 Å². The summed E-state index contributed by atoms with van der Waals surface area (Å²) in [5.41, 5.74) is 21.6. The molecule has 5 heteroatoms. The molecule has 4 nitrogen and oxygen atoms in total. The van der Waals surface area contributed by atoms with E-state index < -0.39 is 0 Å². The summed E-state index contributed by atoms with van der Waals surface area (Å²) in [6, 6.07) is 49.4. The van der Waals surface area contributed by atoms with Crippen LogP contribution in [0.4, 0.5) is 17.1 Å². The van der Waals surface area contributed by atoms with Gasteiger partial charge in [-0.1, -0.05) is 171 Å². The molecule has 0 amide bonds. The van der Waals surface area contributed by atoms with E-state index in [0.29, 0.717) is 0 Å². The maximum Gasteiger partial charge on any atom is 0.375 e. The second-order valence-corrected chi connectivity index (χ2v) is 25.6. The lowest BCUT2D eigenvalue weighted by molar-refractivity contribution is 0.557. The number of nitrogens with zero attached hydrogens (tertiary/aromatic N) is 3. The Balaban J connectivity index is 1.27. The summed E-state index contributed by atoms with van der Waals surface area (Å²) in [6.45, 7) is 34.7. The molecule has 0 N–H and O–H groups in total. The van der Waals surface area contributed by atoms with Gasteiger partial charge in [-0.25, -0.2) is 0 Å². The predicted molar refractivity (Wildman–Crippen MR) is 298 cm³/mol.